The zero-order chi connectivity index (χ0) is 17.8. The van der Waals surface area contributed by atoms with E-state index in [2.05, 4.69) is 29.2 Å². The SMILES string of the molecule is COc1ccc(-n2ccc(C(=O)NC[C@@H]3CCN(C(C)C)C3)n2)cc1. The number of likely N-dealkylation sites (tertiary alicyclic amines) is 1. The van der Waals surface area contributed by atoms with E-state index < -0.39 is 0 Å². The van der Waals surface area contributed by atoms with E-state index in [0.29, 0.717) is 24.2 Å². The fraction of sp³-hybridized carbons (Fsp3) is 0.474. The van der Waals surface area contributed by atoms with Gasteiger partial charge >= 0.3 is 0 Å². The number of benzene rings is 1. The van der Waals surface area contributed by atoms with Gasteiger partial charge in [-0.1, -0.05) is 0 Å². The molecule has 3 rings (SSSR count). The van der Waals surface area contributed by atoms with Gasteiger partial charge < -0.3 is 15.0 Å². The molecule has 1 atom stereocenters. The summed E-state index contributed by atoms with van der Waals surface area (Å²) >= 11 is 0. The van der Waals surface area contributed by atoms with Gasteiger partial charge in [-0.2, -0.15) is 5.10 Å². The van der Waals surface area contributed by atoms with Gasteiger partial charge in [0.15, 0.2) is 5.69 Å². The molecular weight excluding hydrogens is 316 g/mol. The second-order valence-corrected chi connectivity index (χ2v) is 6.80. The number of carbonyl (C=O) groups is 1. The van der Waals surface area contributed by atoms with E-state index in [1.807, 2.05) is 24.3 Å². The summed E-state index contributed by atoms with van der Waals surface area (Å²) < 4.78 is 6.85. The van der Waals surface area contributed by atoms with Gasteiger partial charge in [-0.3, -0.25) is 4.79 Å². The molecule has 6 heteroatoms. The number of nitrogens with zero attached hydrogens (tertiary/aromatic N) is 3. The van der Waals surface area contributed by atoms with Gasteiger partial charge in [0.1, 0.15) is 5.75 Å². The maximum absolute atomic E-state index is 12.3. The summed E-state index contributed by atoms with van der Waals surface area (Å²) in [7, 11) is 1.64. The molecule has 134 valence electrons. The molecule has 1 amide bonds. The third kappa shape index (κ3) is 4.20. The van der Waals surface area contributed by atoms with Crippen LogP contribution in [0.1, 0.15) is 30.8 Å². The lowest BCUT2D eigenvalue weighted by molar-refractivity contribution is 0.0941. The van der Waals surface area contributed by atoms with E-state index in [-0.39, 0.29) is 5.91 Å². The molecule has 1 aromatic carbocycles. The van der Waals surface area contributed by atoms with E-state index >= 15 is 0 Å². The molecule has 1 saturated heterocycles. The smallest absolute Gasteiger partial charge is 0.271 e. The first-order chi connectivity index (χ1) is 12.1. The van der Waals surface area contributed by atoms with E-state index in [9.17, 15) is 4.79 Å². The number of methoxy groups -OCH3 is 1. The fourth-order valence-corrected chi connectivity index (χ4v) is 3.15. The van der Waals surface area contributed by atoms with Gasteiger partial charge in [-0.15, -0.1) is 0 Å². The Kier molecular flexibility index (Phi) is 5.38. The molecule has 0 spiro atoms. The standard InChI is InChI=1S/C19H26N4O2/c1-14(2)22-10-8-15(13-22)12-20-19(24)18-9-11-23(21-18)16-4-6-17(25-3)7-5-16/h4-7,9,11,14-15H,8,10,12-13H2,1-3H3,(H,20,24)/t15-/m0/s1. The van der Waals surface area contributed by atoms with Crippen LogP contribution in [0.5, 0.6) is 5.75 Å². The van der Waals surface area contributed by atoms with Crippen molar-refractivity contribution in [1.29, 1.82) is 0 Å². The summed E-state index contributed by atoms with van der Waals surface area (Å²) in [6.45, 7) is 7.31. The summed E-state index contributed by atoms with van der Waals surface area (Å²) in [6, 6.07) is 9.88. The second-order valence-electron chi connectivity index (χ2n) is 6.80. The highest BCUT2D eigenvalue weighted by atomic mass is 16.5. The predicted octanol–water partition coefficient (Wildman–Crippen LogP) is 2.34. The van der Waals surface area contributed by atoms with Gasteiger partial charge in [0, 0.05) is 25.3 Å². The van der Waals surface area contributed by atoms with E-state index in [1.165, 1.54) is 0 Å². The molecule has 2 aromatic rings. The molecular formula is C19H26N4O2. The summed E-state index contributed by atoms with van der Waals surface area (Å²) in [6.07, 6.45) is 2.94. The lowest BCUT2D eigenvalue weighted by Crippen LogP contribution is -2.33. The first-order valence-electron chi connectivity index (χ1n) is 8.79. The number of rotatable bonds is 6. The molecule has 6 nitrogen and oxygen atoms in total. The van der Waals surface area contributed by atoms with Crippen LogP contribution in [0.3, 0.4) is 0 Å². The highest BCUT2D eigenvalue weighted by Crippen LogP contribution is 2.18. The maximum Gasteiger partial charge on any atom is 0.271 e. The summed E-state index contributed by atoms with van der Waals surface area (Å²) in [5.74, 6) is 1.20. The monoisotopic (exact) mass is 342 g/mol. The van der Waals surface area contributed by atoms with Crippen molar-refractivity contribution in [3.8, 4) is 11.4 Å². The van der Waals surface area contributed by atoms with Crippen LogP contribution in [-0.2, 0) is 0 Å². The number of nitrogens with one attached hydrogen (secondary N) is 1. The molecule has 0 bridgehead atoms. The average Bonchev–Trinajstić information content (AvgIpc) is 3.29. The topological polar surface area (TPSA) is 59.4 Å². The fourth-order valence-electron chi connectivity index (χ4n) is 3.15. The molecule has 1 aromatic heterocycles. The van der Waals surface area contributed by atoms with Crippen LogP contribution in [0.4, 0.5) is 0 Å². The van der Waals surface area contributed by atoms with Crippen molar-refractivity contribution in [3.05, 3.63) is 42.2 Å². The summed E-state index contributed by atoms with van der Waals surface area (Å²) in [5, 5.41) is 7.40. The third-order valence-electron chi connectivity index (χ3n) is 4.76. The zero-order valence-corrected chi connectivity index (χ0v) is 15.1. The molecule has 0 unspecified atom stereocenters. The largest absolute Gasteiger partial charge is 0.497 e. The van der Waals surface area contributed by atoms with Crippen molar-refractivity contribution in [3.63, 3.8) is 0 Å². The minimum absolute atomic E-state index is 0.116. The minimum Gasteiger partial charge on any atom is -0.497 e. The van der Waals surface area contributed by atoms with Crippen LogP contribution in [0.15, 0.2) is 36.5 Å². The van der Waals surface area contributed by atoms with Gasteiger partial charge in [0.25, 0.3) is 5.91 Å². The number of carbonyl (C=O) groups excluding carboxylic acids is 1. The molecule has 0 aliphatic carbocycles. The molecule has 0 saturated carbocycles. The van der Waals surface area contributed by atoms with E-state index in [0.717, 1.165) is 30.9 Å². The Labute approximate surface area is 148 Å². The maximum atomic E-state index is 12.3. The van der Waals surface area contributed by atoms with Crippen molar-refractivity contribution in [2.75, 3.05) is 26.7 Å². The summed E-state index contributed by atoms with van der Waals surface area (Å²) in [4.78, 5) is 14.8. The van der Waals surface area contributed by atoms with E-state index in [1.54, 1.807) is 24.1 Å². The molecule has 2 heterocycles. The molecule has 1 N–H and O–H groups in total. The van der Waals surface area contributed by atoms with Crippen molar-refractivity contribution < 1.29 is 9.53 Å². The Morgan fingerprint density at radius 2 is 2.08 bits per heavy atom. The van der Waals surface area contributed by atoms with Crippen LogP contribution in [0.25, 0.3) is 5.69 Å². The average molecular weight is 342 g/mol. The number of aromatic nitrogens is 2. The quantitative estimate of drug-likeness (QED) is 0.875. The Hall–Kier alpha value is -2.34. The Morgan fingerprint density at radius 1 is 1.32 bits per heavy atom. The van der Waals surface area contributed by atoms with Gasteiger partial charge in [-0.25, -0.2) is 4.68 Å². The third-order valence-corrected chi connectivity index (χ3v) is 4.76. The summed E-state index contributed by atoms with van der Waals surface area (Å²) in [5.41, 5.74) is 1.33. The molecule has 1 aliphatic heterocycles. The van der Waals surface area contributed by atoms with Crippen LogP contribution in [0.2, 0.25) is 0 Å². The van der Waals surface area contributed by atoms with Crippen molar-refractivity contribution in [2.24, 2.45) is 5.92 Å². The number of hydrogen-bond acceptors (Lipinski definition) is 4. The lowest BCUT2D eigenvalue weighted by atomic mass is 10.1. The normalized spacial score (nSPS) is 17.8. The van der Waals surface area contributed by atoms with Crippen molar-refractivity contribution in [2.45, 2.75) is 26.3 Å². The minimum atomic E-state index is -0.116. The molecule has 1 aliphatic rings. The van der Waals surface area contributed by atoms with Gasteiger partial charge in [-0.05, 0) is 63.1 Å². The van der Waals surface area contributed by atoms with Crippen molar-refractivity contribution >= 4 is 5.91 Å². The molecule has 25 heavy (non-hydrogen) atoms. The zero-order valence-electron chi connectivity index (χ0n) is 15.1. The first kappa shape index (κ1) is 17.5. The number of hydrogen-bond donors (Lipinski definition) is 1. The van der Waals surface area contributed by atoms with Crippen molar-refractivity contribution in [1.82, 2.24) is 20.0 Å². The van der Waals surface area contributed by atoms with Gasteiger partial charge in [0.05, 0.1) is 12.8 Å². The predicted molar refractivity (Wildman–Crippen MR) is 97.3 cm³/mol. The molecule has 1 fully saturated rings. The first-order valence-corrected chi connectivity index (χ1v) is 8.79. The number of amides is 1. The van der Waals surface area contributed by atoms with E-state index in [4.69, 9.17) is 4.74 Å². The van der Waals surface area contributed by atoms with Gasteiger partial charge in [0.2, 0.25) is 0 Å². The highest BCUT2D eigenvalue weighted by molar-refractivity contribution is 5.92. The molecule has 0 radical (unpaired) electrons. The van der Waals surface area contributed by atoms with Crippen LogP contribution >= 0.6 is 0 Å². The Morgan fingerprint density at radius 3 is 2.72 bits per heavy atom. The second kappa shape index (κ2) is 7.70. The van der Waals surface area contributed by atoms with Crippen LogP contribution in [0, 0.1) is 5.92 Å². The van der Waals surface area contributed by atoms with Crippen LogP contribution < -0.4 is 10.1 Å². The Balaban J connectivity index is 1.55. The lowest BCUT2D eigenvalue weighted by Gasteiger charge is -2.20. The number of ether oxygens (including phenoxy) is 1. The van der Waals surface area contributed by atoms with Crippen LogP contribution in [-0.4, -0.2) is 53.4 Å². The Bertz CT molecular complexity index is 708. The highest BCUT2D eigenvalue weighted by Gasteiger charge is 2.24.